The van der Waals surface area contributed by atoms with Gasteiger partial charge in [-0.2, -0.15) is 0 Å². The van der Waals surface area contributed by atoms with Crippen LogP contribution in [0, 0.1) is 6.92 Å². The lowest BCUT2D eigenvalue weighted by Gasteiger charge is -2.28. The molecule has 2 aromatic rings. The average molecular weight is 323 g/mol. The molecule has 2 amide bonds. The second-order valence-corrected chi connectivity index (χ2v) is 6.18. The number of pyridine rings is 1. The van der Waals surface area contributed by atoms with E-state index in [0.29, 0.717) is 31.6 Å². The number of fused-ring (bicyclic) bond motifs is 1. The molecular weight excluding hydrogens is 302 g/mol. The van der Waals surface area contributed by atoms with Crippen molar-refractivity contribution in [3.8, 4) is 0 Å². The molecule has 3 rings (SSSR count). The standard InChI is InChI=1S/C19H21N3O2/c1-13-3-5-15(6-4-13)9-21-19(24)18-11-20-10-16-12-22(14(2)23)8-7-17(16)18/h3-6,10-11H,7-9,12H2,1-2H3,(H,21,24). The molecule has 1 N–H and O–H groups in total. The first-order valence-corrected chi connectivity index (χ1v) is 8.09. The number of nitrogens with one attached hydrogen (secondary N) is 1. The minimum Gasteiger partial charge on any atom is -0.348 e. The summed E-state index contributed by atoms with van der Waals surface area (Å²) in [5.74, 6) is -0.0638. The molecular formula is C19H21N3O2. The van der Waals surface area contributed by atoms with Crippen molar-refractivity contribution in [2.45, 2.75) is 33.4 Å². The fourth-order valence-corrected chi connectivity index (χ4v) is 2.94. The number of carbonyl (C=O) groups is 2. The summed E-state index contributed by atoms with van der Waals surface area (Å²) in [5.41, 5.74) is 4.84. The molecule has 0 radical (unpaired) electrons. The first-order chi connectivity index (χ1) is 11.5. The number of nitrogens with zero attached hydrogens (tertiary/aromatic N) is 2. The lowest BCUT2D eigenvalue weighted by atomic mass is 9.96. The van der Waals surface area contributed by atoms with Crippen LogP contribution in [0.5, 0.6) is 0 Å². The van der Waals surface area contributed by atoms with Crippen molar-refractivity contribution >= 4 is 11.8 Å². The van der Waals surface area contributed by atoms with Crippen LogP contribution >= 0.6 is 0 Å². The summed E-state index contributed by atoms with van der Waals surface area (Å²) in [7, 11) is 0. The normalized spacial score (nSPS) is 13.3. The molecule has 0 atom stereocenters. The van der Waals surface area contributed by atoms with Gasteiger partial charge in [-0.05, 0) is 30.0 Å². The van der Waals surface area contributed by atoms with Crippen LogP contribution in [0.4, 0.5) is 0 Å². The maximum atomic E-state index is 12.5. The monoisotopic (exact) mass is 323 g/mol. The third-order valence-electron chi connectivity index (χ3n) is 4.40. The van der Waals surface area contributed by atoms with Gasteiger partial charge in [0.15, 0.2) is 0 Å². The molecule has 0 spiro atoms. The number of carbonyl (C=O) groups excluding carboxylic acids is 2. The number of aryl methyl sites for hydroxylation is 1. The van der Waals surface area contributed by atoms with Crippen molar-refractivity contribution in [3.05, 3.63) is 64.5 Å². The average Bonchev–Trinajstić information content (AvgIpc) is 2.60. The molecule has 1 aliphatic heterocycles. The zero-order chi connectivity index (χ0) is 17.1. The highest BCUT2D eigenvalue weighted by Gasteiger charge is 2.23. The van der Waals surface area contributed by atoms with Crippen LogP contribution in [0.2, 0.25) is 0 Å². The Hall–Kier alpha value is -2.69. The van der Waals surface area contributed by atoms with E-state index in [1.165, 1.54) is 5.56 Å². The van der Waals surface area contributed by atoms with Gasteiger partial charge in [0.1, 0.15) is 0 Å². The van der Waals surface area contributed by atoms with Crippen LogP contribution in [0.1, 0.15) is 39.5 Å². The van der Waals surface area contributed by atoms with Gasteiger partial charge in [-0.1, -0.05) is 29.8 Å². The van der Waals surface area contributed by atoms with Crippen LogP contribution in [-0.2, 0) is 24.3 Å². The molecule has 1 aromatic carbocycles. The van der Waals surface area contributed by atoms with Gasteiger partial charge in [-0.25, -0.2) is 0 Å². The summed E-state index contributed by atoms with van der Waals surface area (Å²) >= 11 is 0. The number of aromatic nitrogens is 1. The predicted molar refractivity (Wildman–Crippen MR) is 91.4 cm³/mol. The van der Waals surface area contributed by atoms with E-state index < -0.39 is 0 Å². The van der Waals surface area contributed by atoms with Crippen molar-refractivity contribution in [1.82, 2.24) is 15.2 Å². The number of hydrogen-bond donors (Lipinski definition) is 1. The molecule has 5 nitrogen and oxygen atoms in total. The van der Waals surface area contributed by atoms with Crippen LogP contribution in [0.15, 0.2) is 36.7 Å². The van der Waals surface area contributed by atoms with Crippen molar-refractivity contribution in [1.29, 1.82) is 0 Å². The van der Waals surface area contributed by atoms with Crippen LogP contribution < -0.4 is 5.32 Å². The fourth-order valence-electron chi connectivity index (χ4n) is 2.94. The van der Waals surface area contributed by atoms with Crippen LogP contribution in [0.25, 0.3) is 0 Å². The number of hydrogen-bond acceptors (Lipinski definition) is 3. The molecule has 24 heavy (non-hydrogen) atoms. The summed E-state index contributed by atoms with van der Waals surface area (Å²) in [4.78, 5) is 30.0. The predicted octanol–water partition coefficient (Wildman–Crippen LogP) is 2.22. The smallest absolute Gasteiger partial charge is 0.253 e. The van der Waals surface area contributed by atoms with Crippen molar-refractivity contribution in [2.75, 3.05) is 6.54 Å². The third kappa shape index (κ3) is 3.45. The zero-order valence-electron chi connectivity index (χ0n) is 14.0. The van der Waals surface area contributed by atoms with E-state index in [-0.39, 0.29) is 11.8 Å². The Labute approximate surface area is 141 Å². The highest BCUT2D eigenvalue weighted by atomic mass is 16.2. The van der Waals surface area contributed by atoms with Crippen LogP contribution in [-0.4, -0.2) is 28.2 Å². The van der Waals surface area contributed by atoms with E-state index in [9.17, 15) is 9.59 Å². The highest BCUT2D eigenvalue weighted by Crippen LogP contribution is 2.21. The number of amides is 2. The first-order valence-electron chi connectivity index (χ1n) is 8.09. The Kier molecular flexibility index (Phi) is 4.60. The second kappa shape index (κ2) is 6.83. The van der Waals surface area contributed by atoms with E-state index in [1.54, 1.807) is 24.2 Å². The first kappa shape index (κ1) is 16.2. The van der Waals surface area contributed by atoms with Gasteiger partial charge < -0.3 is 10.2 Å². The third-order valence-corrected chi connectivity index (χ3v) is 4.40. The highest BCUT2D eigenvalue weighted by molar-refractivity contribution is 5.95. The summed E-state index contributed by atoms with van der Waals surface area (Å²) in [6.45, 7) is 5.26. The fraction of sp³-hybridized carbons (Fsp3) is 0.316. The molecule has 0 bridgehead atoms. The van der Waals surface area contributed by atoms with Crippen molar-refractivity contribution in [2.24, 2.45) is 0 Å². The lowest BCUT2D eigenvalue weighted by Crippen LogP contribution is -2.36. The largest absolute Gasteiger partial charge is 0.348 e. The zero-order valence-corrected chi connectivity index (χ0v) is 14.0. The van der Waals surface area contributed by atoms with Gasteiger partial charge in [-0.3, -0.25) is 14.6 Å². The quantitative estimate of drug-likeness (QED) is 0.942. The van der Waals surface area contributed by atoms with Crippen molar-refractivity contribution in [3.63, 3.8) is 0 Å². The minimum atomic E-state index is -0.115. The van der Waals surface area contributed by atoms with Gasteiger partial charge in [0.05, 0.1) is 5.56 Å². The Balaban J connectivity index is 1.73. The molecule has 124 valence electrons. The summed E-state index contributed by atoms with van der Waals surface area (Å²) < 4.78 is 0. The molecule has 0 aliphatic carbocycles. The SMILES string of the molecule is CC(=O)N1CCc2c(cncc2C(=O)NCc2ccc(C)cc2)C1. The maximum absolute atomic E-state index is 12.5. The minimum absolute atomic E-state index is 0.0508. The van der Waals surface area contributed by atoms with Crippen LogP contribution in [0.3, 0.4) is 0 Å². The Morgan fingerprint density at radius 2 is 1.96 bits per heavy atom. The van der Waals surface area contributed by atoms with Crippen molar-refractivity contribution < 1.29 is 9.59 Å². The molecule has 0 saturated heterocycles. The molecule has 0 unspecified atom stereocenters. The molecule has 5 heteroatoms. The maximum Gasteiger partial charge on any atom is 0.253 e. The molecule has 0 fully saturated rings. The van der Waals surface area contributed by atoms with E-state index in [4.69, 9.17) is 0 Å². The lowest BCUT2D eigenvalue weighted by molar-refractivity contribution is -0.129. The number of rotatable bonds is 3. The van der Waals surface area contributed by atoms with E-state index >= 15 is 0 Å². The molecule has 0 saturated carbocycles. The van der Waals surface area contributed by atoms with Gasteiger partial charge >= 0.3 is 0 Å². The summed E-state index contributed by atoms with van der Waals surface area (Å²) in [6, 6.07) is 8.09. The van der Waals surface area contributed by atoms with Gasteiger partial charge in [0.25, 0.3) is 5.91 Å². The van der Waals surface area contributed by atoms with E-state index in [0.717, 1.165) is 16.7 Å². The summed E-state index contributed by atoms with van der Waals surface area (Å²) in [6.07, 6.45) is 4.05. The Morgan fingerprint density at radius 3 is 2.67 bits per heavy atom. The van der Waals surface area contributed by atoms with E-state index in [1.807, 2.05) is 31.2 Å². The van der Waals surface area contributed by atoms with Gasteiger partial charge in [0.2, 0.25) is 5.91 Å². The molecule has 1 aliphatic rings. The van der Waals surface area contributed by atoms with E-state index in [2.05, 4.69) is 10.3 Å². The molecule has 2 heterocycles. The topological polar surface area (TPSA) is 62.3 Å². The number of benzene rings is 1. The summed E-state index contributed by atoms with van der Waals surface area (Å²) in [5, 5.41) is 2.96. The second-order valence-electron chi connectivity index (χ2n) is 6.18. The van der Waals surface area contributed by atoms with Gasteiger partial charge in [0, 0.05) is 39.0 Å². The molecule has 1 aromatic heterocycles. The Bertz CT molecular complexity index is 769. The van der Waals surface area contributed by atoms with Gasteiger partial charge in [-0.15, -0.1) is 0 Å². The Morgan fingerprint density at radius 1 is 1.21 bits per heavy atom.